The fourth-order valence-corrected chi connectivity index (χ4v) is 4.38. The Hall–Kier alpha value is -3.84. The lowest BCUT2D eigenvalue weighted by molar-refractivity contribution is -0.136. The number of imide groups is 1. The van der Waals surface area contributed by atoms with Crippen LogP contribution < -0.4 is 10.1 Å². The third-order valence-corrected chi connectivity index (χ3v) is 6.26. The Bertz CT molecular complexity index is 1220. The molecule has 0 bridgehead atoms. The van der Waals surface area contributed by atoms with Gasteiger partial charge in [-0.3, -0.25) is 14.9 Å². The highest BCUT2D eigenvalue weighted by molar-refractivity contribution is 8.15. The predicted octanol–water partition coefficient (Wildman–Crippen LogP) is 5.87. The third-order valence-electron chi connectivity index (χ3n) is 5.28. The highest BCUT2D eigenvalue weighted by atomic mass is 32.2. The normalized spacial score (nSPS) is 15.6. The zero-order valence-corrected chi connectivity index (χ0v) is 20.0. The van der Waals surface area contributed by atoms with Crippen LogP contribution in [-0.2, 0) is 20.7 Å². The molecule has 3 aromatic carbocycles. The quantitative estimate of drug-likeness (QED) is 0.231. The van der Waals surface area contributed by atoms with Crippen LogP contribution >= 0.6 is 11.8 Å². The first kappa shape index (κ1) is 24.3. The molecule has 178 valence electrons. The summed E-state index contributed by atoms with van der Waals surface area (Å²) in [5, 5.41) is 1.60. The molecule has 1 unspecified atom stereocenters. The summed E-state index contributed by atoms with van der Waals surface area (Å²) < 4.78 is 11.3. The average Bonchev–Trinajstić information content (AvgIpc) is 3.19. The van der Waals surface area contributed by atoms with E-state index in [1.165, 1.54) is 0 Å². The number of benzene rings is 3. The number of hydrogen-bond acceptors (Lipinski definition) is 6. The number of rotatable bonds is 9. The molecule has 1 N–H and O–H groups in total. The van der Waals surface area contributed by atoms with E-state index < -0.39 is 5.25 Å². The van der Waals surface area contributed by atoms with Crippen LogP contribution in [0.3, 0.4) is 0 Å². The maximum Gasteiger partial charge on any atom is 0.338 e. The van der Waals surface area contributed by atoms with Gasteiger partial charge in [0, 0.05) is 0 Å². The second kappa shape index (κ2) is 11.5. The zero-order chi connectivity index (χ0) is 24.6. The van der Waals surface area contributed by atoms with Gasteiger partial charge in [0.15, 0.2) is 0 Å². The van der Waals surface area contributed by atoms with E-state index in [1.54, 1.807) is 12.1 Å². The minimum Gasteiger partial charge on any atom is -0.462 e. The van der Waals surface area contributed by atoms with Crippen LogP contribution in [0, 0.1) is 0 Å². The molecule has 2 amide bonds. The van der Waals surface area contributed by atoms with Gasteiger partial charge in [-0.05, 0) is 59.9 Å². The van der Waals surface area contributed by atoms with Crippen molar-refractivity contribution in [2.75, 3.05) is 6.61 Å². The largest absolute Gasteiger partial charge is 0.462 e. The molecule has 35 heavy (non-hydrogen) atoms. The maximum absolute atomic E-state index is 12.7. The van der Waals surface area contributed by atoms with Crippen molar-refractivity contribution in [1.29, 1.82) is 0 Å². The third kappa shape index (κ3) is 6.61. The van der Waals surface area contributed by atoms with Gasteiger partial charge >= 0.3 is 5.97 Å². The molecule has 0 saturated carbocycles. The summed E-state index contributed by atoms with van der Waals surface area (Å²) in [6, 6.07) is 24.3. The molecule has 1 saturated heterocycles. The minimum absolute atomic E-state index is 0.250. The zero-order valence-electron chi connectivity index (χ0n) is 19.2. The van der Waals surface area contributed by atoms with Gasteiger partial charge in [-0.2, -0.15) is 0 Å². The van der Waals surface area contributed by atoms with Crippen molar-refractivity contribution in [1.82, 2.24) is 5.32 Å². The summed E-state index contributed by atoms with van der Waals surface area (Å²) in [5.41, 5.74) is 3.07. The molecular weight excluding hydrogens is 462 g/mol. The van der Waals surface area contributed by atoms with E-state index in [-0.39, 0.29) is 17.1 Å². The van der Waals surface area contributed by atoms with E-state index >= 15 is 0 Å². The van der Waals surface area contributed by atoms with Crippen molar-refractivity contribution in [3.8, 4) is 11.5 Å². The predicted molar refractivity (Wildman–Crippen MR) is 137 cm³/mol. The standard InChI is InChI=1S/C28H25NO5S/c1-2-16-33-27(31)24(17-19-6-4-3-5-7-19)21-10-14-23(15-11-21)34-22-12-8-20(9-13-22)18-25-26(30)29-28(32)35-25/h3-15,17,25H,2,16,18H2,1H3,(H,29,30,32)/b24-17+. The van der Waals surface area contributed by atoms with E-state index in [0.29, 0.717) is 30.1 Å². The summed E-state index contributed by atoms with van der Waals surface area (Å²) in [4.78, 5) is 35.8. The molecule has 0 aliphatic carbocycles. The van der Waals surface area contributed by atoms with Gasteiger partial charge in [-0.15, -0.1) is 0 Å². The van der Waals surface area contributed by atoms with Gasteiger partial charge in [0.25, 0.3) is 5.24 Å². The maximum atomic E-state index is 12.7. The molecule has 1 fully saturated rings. The van der Waals surface area contributed by atoms with Crippen LogP contribution in [-0.4, -0.2) is 29.0 Å². The van der Waals surface area contributed by atoms with Gasteiger partial charge in [-0.1, -0.05) is 73.3 Å². The van der Waals surface area contributed by atoms with Crippen molar-refractivity contribution >= 4 is 40.5 Å². The van der Waals surface area contributed by atoms with Crippen molar-refractivity contribution < 1.29 is 23.9 Å². The molecule has 1 aliphatic heterocycles. The lowest BCUT2D eigenvalue weighted by atomic mass is 10.0. The van der Waals surface area contributed by atoms with Crippen molar-refractivity contribution in [2.45, 2.75) is 25.0 Å². The van der Waals surface area contributed by atoms with E-state index in [2.05, 4.69) is 5.32 Å². The number of carbonyl (C=O) groups excluding carboxylic acids is 3. The van der Waals surface area contributed by atoms with E-state index in [0.717, 1.165) is 34.9 Å². The summed E-state index contributed by atoms with van der Waals surface area (Å²) in [6.07, 6.45) is 3.05. The van der Waals surface area contributed by atoms with Gasteiger partial charge in [0.1, 0.15) is 11.5 Å². The summed E-state index contributed by atoms with van der Waals surface area (Å²) >= 11 is 1.02. The fraction of sp³-hybridized carbons (Fsp3) is 0.179. The Kier molecular flexibility index (Phi) is 8.00. The van der Waals surface area contributed by atoms with Gasteiger partial charge in [0.05, 0.1) is 17.4 Å². The SMILES string of the molecule is CCCOC(=O)/C(=C/c1ccccc1)c1ccc(Oc2ccc(CC3SC(=O)NC3=O)cc2)cc1. The summed E-state index contributed by atoms with van der Waals surface area (Å²) in [5.74, 6) is 0.651. The lowest BCUT2D eigenvalue weighted by Crippen LogP contribution is -2.25. The lowest BCUT2D eigenvalue weighted by Gasteiger charge is -2.11. The molecule has 0 radical (unpaired) electrons. The summed E-state index contributed by atoms with van der Waals surface area (Å²) in [7, 11) is 0. The number of esters is 1. The van der Waals surface area contributed by atoms with E-state index in [9.17, 15) is 14.4 Å². The van der Waals surface area contributed by atoms with Crippen molar-refractivity contribution in [2.24, 2.45) is 0 Å². The Labute approximate surface area is 208 Å². The second-order valence-electron chi connectivity index (χ2n) is 7.96. The molecule has 1 atom stereocenters. The van der Waals surface area contributed by atoms with E-state index in [1.807, 2.05) is 79.7 Å². The van der Waals surface area contributed by atoms with Crippen molar-refractivity contribution in [3.63, 3.8) is 0 Å². The Balaban J connectivity index is 1.45. The molecular formula is C28H25NO5S. The smallest absolute Gasteiger partial charge is 0.338 e. The van der Waals surface area contributed by atoms with Crippen molar-refractivity contribution in [3.05, 3.63) is 95.6 Å². The molecule has 4 rings (SSSR count). The monoisotopic (exact) mass is 487 g/mol. The van der Waals surface area contributed by atoms with Crippen LogP contribution in [0.15, 0.2) is 78.9 Å². The molecule has 3 aromatic rings. The molecule has 0 aromatic heterocycles. The number of amides is 2. The number of ether oxygens (including phenoxy) is 2. The van der Waals surface area contributed by atoms with Crippen LogP contribution in [0.4, 0.5) is 4.79 Å². The van der Waals surface area contributed by atoms with Crippen LogP contribution in [0.1, 0.15) is 30.0 Å². The van der Waals surface area contributed by atoms with Crippen LogP contribution in [0.5, 0.6) is 11.5 Å². The highest BCUT2D eigenvalue weighted by Crippen LogP contribution is 2.28. The van der Waals surface area contributed by atoms with Gasteiger partial charge < -0.3 is 9.47 Å². The number of thioether (sulfide) groups is 1. The summed E-state index contributed by atoms with van der Waals surface area (Å²) in [6.45, 7) is 2.32. The molecule has 1 heterocycles. The first-order valence-electron chi connectivity index (χ1n) is 11.3. The number of nitrogens with one attached hydrogen (secondary N) is 1. The Morgan fingerprint density at radius 3 is 2.20 bits per heavy atom. The number of hydrogen-bond donors (Lipinski definition) is 1. The Morgan fingerprint density at radius 1 is 0.943 bits per heavy atom. The molecule has 6 nitrogen and oxygen atoms in total. The first-order chi connectivity index (χ1) is 17.0. The second-order valence-corrected chi connectivity index (χ2v) is 9.14. The van der Waals surface area contributed by atoms with Gasteiger partial charge in [0.2, 0.25) is 5.91 Å². The molecule has 7 heteroatoms. The molecule has 1 aliphatic rings. The molecule has 0 spiro atoms. The average molecular weight is 488 g/mol. The Morgan fingerprint density at radius 2 is 1.60 bits per heavy atom. The van der Waals surface area contributed by atoms with Gasteiger partial charge in [-0.25, -0.2) is 4.79 Å². The van der Waals surface area contributed by atoms with Crippen LogP contribution in [0.25, 0.3) is 11.6 Å². The van der Waals surface area contributed by atoms with Crippen LogP contribution in [0.2, 0.25) is 0 Å². The highest BCUT2D eigenvalue weighted by Gasteiger charge is 2.31. The topological polar surface area (TPSA) is 81.7 Å². The number of carbonyl (C=O) groups is 3. The first-order valence-corrected chi connectivity index (χ1v) is 12.2. The van der Waals surface area contributed by atoms with E-state index in [4.69, 9.17) is 9.47 Å². The minimum atomic E-state index is -0.399. The fourth-order valence-electron chi connectivity index (χ4n) is 3.52.